The van der Waals surface area contributed by atoms with Crippen molar-refractivity contribution in [1.82, 2.24) is 16.0 Å². The summed E-state index contributed by atoms with van der Waals surface area (Å²) >= 11 is 0. The average molecular weight is 459 g/mol. The van der Waals surface area contributed by atoms with Gasteiger partial charge in [0.25, 0.3) is 0 Å². The van der Waals surface area contributed by atoms with E-state index in [2.05, 4.69) is 10.6 Å². The molecule has 182 valence electrons. The van der Waals surface area contributed by atoms with Crippen molar-refractivity contribution in [2.24, 2.45) is 0 Å². The zero-order chi connectivity index (χ0) is 24.5. The van der Waals surface area contributed by atoms with Crippen LogP contribution in [0.5, 0.6) is 0 Å². The predicted molar refractivity (Wildman–Crippen MR) is 112 cm³/mol. The molecule has 12 heteroatoms. The molecule has 0 bridgehead atoms. The summed E-state index contributed by atoms with van der Waals surface area (Å²) in [7, 11) is 0. The number of aliphatic carboxylic acids is 3. The third-order valence-electron chi connectivity index (χ3n) is 4.54. The number of urea groups is 1. The first-order valence-corrected chi connectivity index (χ1v) is 10.5. The predicted octanol–water partition coefficient (Wildman–Crippen LogP) is 0.883. The van der Waals surface area contributed by atoms with Crippen LogP contribution in [-0.2, 0) is 24.0 Å². The van der Waals surface area contributed by atoms with Gasteiger partial charge in [-0.1, -0.05) is 19.3 Å². The molecule has 0 aromatic carbocycles. The van der Waals surface area contributed by atoms with Gasteiger partial charge < -0.3 is 36.1 Å². The van der Waals surface area contributed by atoms with E-state index in [0.29, 0.717) is 13.0 Å². The Morgan fingerprint density at radius 2 is 1.19 bits per heavy atom. The van der Waals surface area contributed by atoms with E-state index in [-0.39, 0.29) is 31.0 Å². The zero-order valence-electron chi connectivity index (χ0n) is 18.2. The van der Waals surface area contributed by atoms with Gasteiger partial charge in [-0.25, -0.2) is 14.4 Å². The first-order valence-electron chi connectivity index (χ1n) is 10.5. The van der Waals surface area contributed by atoms with Crippen molar-refractivity contribution in [3.8, 4) is 0 Å². The van der Waals surface area contributed by atoms with Gasteiger partial charge in [-0.3, -0.25) is 9.59 Å². The minimum Gasteiger partial charge on any atom is -0.481 e. The number of rotatable bonds is 18. The smallest absolute Gasteiger partial charge is 0.326 e. The van der Waals surface area contributed by atoms with Crippen LogP contribution in [0.25, 0.3) is 0 Å². The lowest BCUT2D eigenvalue weighted by Crippen LogP contribution is -2.51. The van der Waals surface area contributed by atoms with E-state index in [1.54, 1.807) is 6.92 Å². The van der Waals surface area contributed by atoms with E-state index in [1.807, 2.05) is 5.32 Å². The molecular formula is C20H33N3O9. The molecule has 0 fully saturated rings. The fourth-order valence-electron chi connectivity index (χ4n) is 2.76. The van der Waals surface area contributed by atoms with Gasteiger partial charge in [-0.05, 0) is 32.6 Å². The number of carbonyl (C=O) groups is 6. The van der Waals surface area contributed by atoms with E-state index in [1.165, 1.54) is 0 Å². The van der Waals surface area contributed by atoms with Gasteiger partial charge in [0.1, 0.15) is 17.9 Å². The highest BCUT2D eigenvalue weighted by atomic mass is 16.4. The van der Waals surface area contributed by atoms with Gasteiger partial charge in [0.2, 0.25) is 5.91 Å². The lowest BCUT2D eigenvalue weighted by Gasteiger charge is -2.18. The lowest BCUT2D eigenvalue weighted by molar-refractivity contribution is -0.141. The number of ketones is 1. The maximum absolute atomic E-state index is 11.9. The molecule has 0 spiro atoms. The quantitative estimate of drug-likeness (QED) is 0.161. The largest absolute Gasteiger partial charge is 0.481 e. The van der Waals surface area contributed by atoms with Crippen LogP contribution in [0.15, 0.2) is 0 Å². The molecule has 3 amide bonds. The highest BCUT2D eigenvalue weighted by Gasteiger charge is 2.25. The molecule has 0 saturated heterocycles. The summed E-state index contributed by atoms with van der Waals surface area (Å²) in [6.45, 7) is 1.99. The van der Waals surface area contributed by atoms with Gasteiger partial charge in [-0.2, -0.15) is 0 Å². The number of Topliss-reactive ketones (excluding diaryl/α,β-unsaturated/α-hetero) is 1. The first-order chi connectivity index (χ1) is 15.0. The number of hydrogen-bond donors (Lipinski definition) is 6. The van der Waals surface area contributed by atoms with Gasteiger partial charge in [0.15, 0.2) is 0 Å². The second kappa shape index (κ2) is 16.5. The number of carboxylic acid groups (broad SMARTS) is 3. The fraction of sp³-hybridized carbons (Fsp3) is 0.700. The summed E-state index contributed by atoms with van der Waals surface area (Å²) in [6.07, 6.45) is 3.76. The van der Waals surface area contributed by atoms with E-state index in [4.69, 9.17) is 10.2 Å². The number of carboxylic acids is 3. The first kappa shape index (κ1) is 28.8. The minimum absolute atomic E-state index is 0.156. The van der Waals surface area contributed by atoms with Crippen LogP contribution in [-0.4, -0.2) is 69.6 Å². The summed E-state index contributed by atoms with van der Waals surface area (Å²) in [4.78, 5) is 67.6. The topological polar surface area (TPSA) is 199 Å². The molecule has 2 atom stereocenters. The summed E-state index contributed by atoms with van der Waals surface area (Å²) in [5.41, 5.74) is 0. The van der Waals surface area contributed by atoms with Crippen LogP contribution < -0.4 is 16.0 Å². The van der Waals surface area contributed by atoms with E-state index >= 15 is 0 Å². The van der Waals surface area contributed by atoms with Crippen LogP contribution >= 0.6 is 0 Å². The monoisotopic (exact) mass is 459 g/mol. The van der Waals surface area contributed by atoms with Crippen LogP contribution in [0.3, 0.4) is 0 Å². The maximum Gasteiger partial charge on any atom is 0.326 e. The van der Waals surface area contributed by atoms with Crippen molar-refractivity contribution in [1.29, 1.82) is 0 Å². The van der Waals surface area contributed by atoms with E-state index < -0.39 is 42.4 Å². The van der Waals surface area contributed by atoms with Crippen LogP contribution in [0.4, 0.5) is 4.79 Å². The summed E-state index contributed by atoms with van der Waals surface area (Å²) in [6, 6.07) is -4.00. The molecule has 0 aromatic rings. The second-order valence-corrected chi connectivity index (χ2v) is 7.44. The number of carbonyl (C=O) groups excluding carboxylic acids is 3. The Labute approximate surface area is 186 Å². The van der Waals surface area contributed by atoms with Crippen molar-refractivity contribution in [2.45, 2.75) is 83.2 Å². The van der Waals surface area contributed by atoms with Crippen molar-refractivity contribution in [3.05, 3.63) is 0 Å². The number of amides is 3. The lowest BCUT2D eigenvalue weighted by atomic mass is 10.1. The number of unbranched alkanes of at least 4 members (excludes halogenated alkanes) is 4. The van der Waals surface area contributed by atoms with Gasteiger partial charge in [0, 0.05) is 25.8 Å². The standard InChI is InChI=1S/C20H33N3O9/c1-13(24)7-5-3-2-4-6-12-21-16(25)10-8-14(18(28)29)22-20(32)23-15(19(30)31)9-11-17(26)27/h14-15H,2-12H2,1H3,(H,21,25)(H,26,27)(H,28,29)(H,30,31)(H2,22,23,32)/t14-,15-/m0/s1. The van der Waals surface area contributed by atoms with Crippen molar-refractivity contribution in [3.63, 3.8) is 0 Å². The second-order valence-electron chi connectivity index (χ2n) is 7.44. The Morgan fingerprint density at radius 1 is 0.688 bits per heavy atom. The van der Waals surface area contributed by atoms with Gasteiger partial charge >= 0.3 is 23.9 Å². The van der Waals surface area contributed by atoms with E-state index in [9.17, 15) is 33.9 Å². The number of hydrogen-bond acceptors (Lipinski definition) is 6. The Bertz CT molecular complexity index is 667. The molecule has 0 saturated carbocycles. The SMILES string of the molecule is CC(=O)CCCCCCCNC(=O)CC[C@H](NC(=O)N[C@@H](CCC(=O)O)C(=O)O)C(=O)O. The Morgan fingerprint density at radius 3 is 1.69 bits per heavy atom. The minimum atomic E-state index is -1.49. The van der Waals surface area contributed by atoms with Crippen LogP contribution in [0.1, 0.15) is 71.1 Å². The van der Waals surface area contributed by atoms with Gasteiger partial charge in [0.05, 0.1) is 0 Å². The molecule has 12 nitrogen and oxygen atoms in total. The third-order valence-corrected chi connectivity index (χ3v) is 4.54. The highest BCUT2D eigenvalue weighted by Crippen LogP contribution is 2.05. The molecule has 6 N–H and O–H groups in total. The van der Waals surface area contributed by atoms with Crippen molar-refractivity contribution >= 4 is 35.6 Å². The van der Waals surface area contributed by atoms with Crippen molar-refractivity contribution in [2.75, 3.05) is 6.54 Å². The molecule has 0 aliphatic heterocycles. The Balaban J connectivity index is 4.23. The van der Waals surface area contributed by atoms with E-state index in [0.717, 1.165) is 32.1 Å². The summed E-state index contributed by atoms with van der Waals surface area (Å²) in [5.74, 6) is -4.29. The molecule has 0 heterocycles. The summed E-state index contributed by atoms with van der Waals surface area (Å²) < 4.78 is 0. The Hall–Kier alpha value is -3.18. The zero-order valence-corrected chi connectivity index (χ0v) is 18.2. The van der Waals surface area contributed by atoms with Gasteiger partial charge in [-0.15, -0.1) is 0 Å². The molecular weight excluding hydrogens is 426 g/mol. The molecule has 0 rings (SSSR count). The van der Waals surface area contributed by atoms with Crippen LogP contribution in [0.2, 0.25) is 0 Å². The van der Waals surface area contributed by atoms with Crippen molar-refractivity contribution < 1.29 is 44.1 Å². The normalized spacial score (nSPS) is 12.3. The molecule has 0 unspecified atom stereocenters. The third kappa shape index (κ3) is 15.6. The molecule has 0 aromatic heterocycles. The van der Waals surface area contributed by atoms with Crippen LogP contribution in [0, 0.1) is 0 Å². The molecule has 0 radical (unpaired) electrons. The molecule has 0 aliphatic rings. The Kier molecular flexibility index (Phi) is 14.9. The number of nitrogens with one attached hydrogen (secondary N) is 3. The fourth-order valence-corrected chi connectivity index (χ4v) is 2.76. The summed E-state index contributed by atoms with van der Waals surface area (Å²) in [5, 5.41) is 33.6. The molecule has 32 heavy (non-hydrogen) atoms. The highest BCUT2D eigenvalue weighted by molar-refractivity contribution is 5.86. The average Bonchev–Trinajstić information content (AvgIpc) is 2.69. The molecule has 0 aliphatic carbocycles. The maximum atomic E-state index is 11.9.